The van der Waals surface area contributed by atoms with E-state index in [0.717, 1.165) is 18.0 Å². The SMILES string of the molecule is CC1CC(C)CN(C(=O)c2ccccc2SC2CCS(=O)(=O)C2)C1. The van der Waals surface area contributed by atoms with E-state index in [2.05, 4.69) is 13.8 Å². The Morgan fingerprint density at radius 3 is 2.46 bits per heavy atom. The van der Waals surface area contributed by atoms with E-state index in [1.165, 1.54) is 6.42 Å². The van der Waals surface area contributed by atoms with Crippen LogP contribution in [-0.2, 0) is 9.84 Å². The fourth-order valence-electron chi connectivity index (χ4n) is 3.78. The first-order chi connectivity index (χ1) is 11.3. The lowest BCUT2D eigenvalue weighted by Gasteiger charge is -2.35. The monoisotopic (exact) mass is 367 g/mol. The van der Waals surface area contributed by atoms with Gasteiger partial charge in [-0.25, -0.2) is 8.42 Å². The van der Waals surface area contributed by atoms with Crippen molar-refractivity contribution in [2.75, 3.05) is 24.6 Å². The molecule has 0 aromatic heterocycles. The molecule has 0 saturated carbocycles. The highest BCUT2D eigenvalue weighted by molar-refractivity contribution is 8.02. The van der Waals surface area contributed by atoms with Gasteiger partial charge in [-0.1, -0.05) is 26.0 Å². The number of benzene rings is 1. The maximum Gasteiger partial charge on any atom is 0.255 e. The summed E-state index contributed by atoms with van der Waals surface area (Å²) in [5.74, 6) is 1.62. The van der Waals surface area contributed by atoms with E-state index in [-0.39, 0.29) is 22.7 Å². The maximum absolute atomic E-state index is 13.0. The number of hydrogen-bond acceptors (Lipinski definition) is 4. The third-order valence-corrected chi connectivity index (χ3v) is 8.08. The second-order valence-corrected chi connectivity index (χ2v) is 10.9. The highest BCUT2D eigenvalue weighted by Crippen LogP contribution is 2.34. The van der Waals surface area contributed by atoms with Crippen molar-refractivity contribution >= 4 is 27.5 Å². The van der Waals surface area contributed by atoms with E-state index in [0.29, 0.717) is 23.8 Å². The molecule has 0 spiro atoms. The number of piperidine rings is 1. The van der Waals surface area contributed by atoms with Gasteiger partial charge in [0.05, 0.1) is 17.1 Å². The molecule has 2 aliphatic heterocycles. The number of amides is 1. The van der Waals surface area contributed by atoms with Crippen LogP contribution in [-0.4, -0.2) is 49.1 Å². The number of carbonyl (C=O) groups is 1. The number of hydrogen-bond donors (Lipinski definition) is 0. The molecular formula is C18H25NO3S2. The Balaban J connectivity index is 1.77. The van der Waals surface area contributed by atoms with Gasteiger partial charge in [-0.3, -0.25) is 4.79 Å². The average molecular weight is 368 g/mol. The van der Waals surface area contributed by atoms with Crippen molar-refractivity contribution in [2.45, 2.75) is 36.8 Å². The summed E-state index contributed by atoms with van der Waals surface area (Å²) in [5.41, 5.74) is 0.716. The minimum Gasteiger partial charge on any atom is -0.338 e. The summed E-state index contributed by atoms with van der Waals surface area (Å²) in [6.07, 6.45) is 1.84. The summed E-state index contributed by atoms with van der Waals surface area (Å²) >= 11 is 1.55. The van der Waals surface area contributed by atoms with Crippen molar-refractivity contribution in [3.05, 3.63) is 29.8 Å². The minimum absolute atomic E-state index is 0.0585. The largest absolute Gasteiger partial charge is 0.338 e. The Kier molecular flexibility index (Phi) is 5.25. The third-order valence-electron chi connectivity index (χ3n) is 4.76. The maximum atomic E-state index is 13.0. The first kappa shape index (κ1) is 17.8. The lowest BCUT2D eigenvalue weighted by molar-refractivity contribution is 0.0619. The predicted molar refractivity (Wildman–Crippen MR) is 98.2 cm³/mol. The summed E-state index contributed by atoms with van der Waals surface area (Å²) in [7, 11) is -2.90. The minimum atomic E-state index is -2.90. The molecule has 6 heteroatoms. The van der Waals surface area contributed by atoms with E-state index in [1.807, 2.05) is 29.2 Å². The summed E-state index contributed by atoms with van der Waals surface area (Å²) in [6.45, 7) is 6.00. The Morgan fingerprint density at radius 2 is 1.83 bits per heavy atom. The van der Waals surface area contributed by atoms with Gasteiger partial charge in [-0.2, -0.15) is 0 Å². The van der Waals surface area contributed by atoms with Crippen molar-refractivity contribution in [3.63, 3.8) is 0 Å². The number of carbonyl (C=O) groups excluding carboxylic acids is 1. The van der Waals surface area contributed by atoms with E-state index >= 15 is 0 Å². The molecule has 2 fully saturated rings. The van der Waals surface area contributed by atoms with Crippen LogP contribution in [0.25, 0.3) is 0 Å². The lowest BCUT2D eigenvalue weighted by atomic mass is 9.91. The van der Waals surface area contributed by atoms with Crippen LogP contribution >= 0.6 is 11.8 Å². The molecule has 0 radical (unpaired) electrons. The molecule has 1 amide bonds. The molecule has 2 saturated heterocycles. The van der Waals surface area contributed by atoms with Crippen LogP contribution in [0.2, 0.25) is 0 Å². The Labute approximate surface area is 148 Å². The molecule has 4 nitrogen and oxygen atoms in total. The van der Waals surface area contributed by atoms with Gasteiger partial charge >= 0.3 is 0 Å². The highest BCUT2D eigenvalue weighted by atomic mass is 32.2. The standard InChI is InChI=1S/C18H25NO3S2/c1-13-9-14(2)11-19(10-13)18(20)16-5-3-4-6-17(16)23-15-7-8-24(21,22)12-15/h3-6,13-15H,7-12H2,1-2H3. The number of sulfone groups is 1. The Morgan fingerprint density at radius 1 is 1.17 bits per heavy atom. The van der Waals surface area contributed by atoms with Crippen LogP contribution in [0, 0.1) is 11.8 Å². The molecule has 1 aromatic rings. The van der Waals surface area contributed by atoms with Crippen LogP contribution < -0.4 is 0 Å². The van der Waals surface area contributed by atoms with Crippen LogP contribution in [0.3, 0.4) is 0 Å². The molecule has 0 bridgehead atoms. The summed E-state index contributed by atoms with van der Waals surface area (Å²) < 4.78 is 23.4. The molecule has 0 aliphatic carbocycles. The first-order valence-corrected chi connectivity index (χ1v) is 11.3. The zero-order valence-electron chi connectivity index (χ0n) is 14.3. The normalized spacial score (nSPS) is 29.6. The first-order valence-electron chi connectivity index (χ1n) is 8.59. The lowest BCUT2D eigenvalue weighted by Crippen LogP contribution is -2.42. The van der Waals surface area contributed by atoms with Crippen molar-refractivity contribution < 1.29 is 13.2 Å². The fraction of sp³-hybridized carbons (Fsp3) is 0.611. The van der Waals surface area contributed by atoms with Gasteiger partial charge in [-0.15, -0.1) is 11.8 Å². The molecule has 0 N–H and O–H groups in total. The molecule has 1 aromatic carbocycles. The van der Waals surface area contributed by atoms with Crippen LogP contribution in [0.4, 0.5) is 0 Å². The number of thioether (sulfide) groups is 1. The van der Waals surface area contributed by atoms with Crippen molar-refractivity contribution in [3.8, 4) is 0 Å². The van der Waals surface area contributed by atoms with Gasteiger partial charge in [0.15, 0.2) is 9.84 Å². The molecule has 2 heterocycles. The van der Waals surface area contributed by atoms with Crippen LogP contribution in [0.1, 0.15) is 37.0 Å². The van der Waals surface area contributed by atoms with Gasteiger partial charge in [0.1, 0.15) is 0 Å². The predicted octanol–water partition coefficient (Wildman–Crippen LogP) is 3.08. The van der Waals surface area contributed by atoms with E-state index in [1.54, 1.807) is 11.8 Å². The smallest absolute Gasteiger partial charge is 0.255 e. The van der Waals surface area contributed by atoms with E-state index < -0.39 is 9.84 Å². The molecule has 132 valence electrons. The molecule has 3 rings (SSSR count). The topological polar surface area (TPSA) is 54.5 Å². The summed E-state index contributed by atoms with van der Waals surface area (Å²) in [4.78, 5) is 15.9. The molecule has 3 atom stereocenters. The van der Waals surface area contributed by atoms with Crippen molar-refractivity contribution in [2.24, 2.45) is 11.8 Å². The molecular weight excluding hydrogens is 342 g/mol. The zero-order valence-corrected chi connectivity index (χ0v) is 15.9. The Bertz CT molecular complexity index is 707. The number of likely N-dealkylation sites (tertiary alicyclic amines) is 1. The molecule has 3 unspecified atom stereocenters. The third kappa shape index (κ3) is 4.14. The van der Waals surface area contributed by atoms with Gasteiger partial charge in [-0.05, 0) is 36.8 Å². The van der Waals surface area contributed by atoms with Crippen molar-refractivity contribution in [1.82, 2.24) is 4.90 Å². The zero-order chi connectivity index (χ0) is 17.3. The fourth-order valence-corrected chi connectivity index (χ4v) is 7.40. The quantitative estimate of drug-likeness (QED) is 0.824. The number of rotatable bonds is 3. The number of nitrogens with zero attached hydrogens (tertiary/aromatic N) is 1. The van der Waals surface area contributed by atoms with Gasteiger partial charge in [0.2, 0.25) is 0 Å². The van der Waals surface area contributed by atoms with Crippen molar-refractivity contribution in [1.29, 1.82) is 0 Å². The highest BCUT2D eigenvalue weighted by Gasteiger charge is 2.31. The van der Waals surface area contributed by atoms with Gasteiger partial charge < -0.3 is 4.90 Å². The summed E-state index contributed by atoms with van der Waals surface area (Å²) in [6, 6.07) is 7.63. The van der Waals surface area contributed by atoms with E-state index in [9.17, 15) is 13.2 Å². The Hall–Kier alpha value is -1.01. The average Bonchev–Trinajstić information content (AvgIpc) is 2.85. The van der Waals surface area contributed by atoms with Gasteiger partial charge in [0.25, 0.3) is 5.91 Å². The second kappa shape index (κ2) is 7.08. The molecule has 2 aliphatic rings. The summed E-state index contributed by atoms with van der Waals surface area (Å²) in [5, 5.41) is 0.0585. The van der Waals surface area contributed by atoms with E-state index in [4.69, 9.17) is 0 Å². The van der Waals surface area contributed by atoms with Crippen LogP contribution in [0.5, 0.6) is 0 Å². The van der Waals surface area contributed by atoms with Gasteiger partial charge in [0, 0.05) is 23.2 Å². The molecule has 24 heavy (non-hydrogen) atoms. The second-order valence-electron chi connectivity index (χ2n) is 7.30. The van der Waals surface area contributed by atoms with Crippen LogP contribution in [0.15, 0.2) is 29.2 Å².